The number of anilines is 1. The summed E-state index contributed by atoms with van der Waals surface area (Å²) in [6.45, 7) is 3.59. The minimum Gasteiger partial charge on any atom is -0.348 e. The third kappa shape index (κ3) is 5.91. The Kier molecular flexibility index (Phi) is 7.39. The van der Waals surface area contributed by atoms with Crippen molar-refractivity contribution in [2.24, 2.45) is 0 Å². The second kappa shape index (κ2) is 9.95. The van der Waals surface area contributed by atoms with Gasteiger partial charge in [0.15, 0.2) is 0 Å². The van der Waals surface area contributed by atoms with Crippen molar-refractivity contribution < 1.29 is 26.4 Å². The van der Waals surface area contributed by atoms with Crippen molar-refractivity contribution in [2.75, 3.05) is 17.1 Å². The quantitative estimate of drug-likeness (QED) is 0.526. The number of sulfonamides is 1. The zero-order valence-electron chi connectivity index (χ0n) is 19.3. The molecule has 0 fully saturated rings. The van der Waals surface area contributed by atoms with Gasteiger partial charge >= 0.3 is 6.18 Å². The molecular formula is C24H24F3N3O4S. The van der Waals surface area contributed by atoms with Crippen LogP contribution in [0.15, 0.2) is 65.5 Å². The fourth-order valence-corrected chi connectivity index (χ4v) is 4.59. The Labute approximate surface area is 200 Å². The second-order valence-corrected chi connectivity index (χ2v) is 9.76. The maximum atomic E-state index is 13.1. The Balaban J connectivity index is 1.82. The lowest BCUT2D eigenvalue weighted by Gasteiger charge is -2.20. The highest BCUT2D eigenvalue weighted by atomic mass is 32.2. The number of nitrogens with zero attached hydrogens (tertiary/aromatic N) is 2. The van der Waals surface area contributed by atoms with E-state index < -0.39 is 33.2 Å². The number of hydrogen-bond donors (Lipinski definition) is 1. The van der Waals surface area contributed by atoms with E-state index in [1.807, 2.05) is 0 Å². The van der Waals surface area contributed by atoms with Crippen molar-refractivity contribution in [3.05, 3.63) is 93.4 Å². The first-order valence-electron chi connectivity index (χ1n) is 10.6. The summed E-state index contributed by atoms with van der Waals surface area (Å²) < 4.78 is 65.4. The van der Waals surface area contributed by atoms with Crippen LogP contribution in [0.2, 0.25) is 0 Å². The van der Waals surface area contributed by atoms with Crippen LogP contribution in [0.5, 0.6) is 0 Å². The SMILES string of the molecule is CCN(c1ccc(CNC(=O)c2ccc(C)n(-c3cccc(C(F)(F)F)c3)c2=O)cc1)S(C)(=O)=O. The van der Waals surface area contributed by atoms with E-state index in [2.05, 4.69) is 5.32 Å². The van der Waals surface area contributed by atoms with Gasteiger partial charge in [0.05, 0.1) is 17.5 Å². The number of benzene rings is 2. The molecule has 3 rings (SSSR count). The Bertz CT molecular complexity index is 1400. The predicted octanol–water partition coefficient (Wildman–Crippen LogP) is 3.88. The largest absolute Gasteiger partial charge is 0.416 e. The molecule has 0 aliphatic heterocycles. The number of hydrogen-bond acceptors (Lipinski definition) is 4. The van der Waals surface area contributed by atoms with Crippen molar-refractivity contribution in [2.45, 2.75) is 26.6 Å². The Hall–Kier alpha value is -3.60. The zero-order chi connectivity index (χ0) is 26.0. The van der Waals surface area contributed by atoms with Gasteiger partial charge in [0.2, 0.25) is 10.0 Å². The van der Waals surface area contributed by atoms with Gasteiger partial charge in [-0.15, -0.1) is 0 Å². The maximum absolute atomic E-state index is 13.1. The third-order valence-electron chi connectivity index (χ3n) is 5.32. The lowest BCUT2D eigenvalue weighted by atomic mass is 10.1. The minimum absolute atomic E-state index is 0.00100. The number of alkyl halides is 3. The second-order valence-electron chi connectivity index (χ2n) is 7.85. The first-order valence-corrected chi connectivity index (χ1v) is 12.4. The number of carbonyl (C=O) groups excluding carboxylic acids is 1. The predicted molar refractivity (Wildman–Crippen MR) is 127 cm³/mol. The average molecular weight is 508 g/mol. The molecule has 0 aliphatic carbocycles. The molecule has 0 spiro atoms. The lowest BCUT2D eigenvalue weighted by molar-refractivity contribution is -0.137. The van der Waals surface area contributed by atoms with Crippen LogP contribution in [0.1, 0.15) is 34.1 Å². The van der Waals surface area contributed by atoms with Gasteiger partial charge in [0.1, 0.15) is 5.56 Å². The highest BCUT2D eigenvalue weighted by Crippen LogP contribution is 2.30. The van der Waals surface area contributed by atoms with Gasteiger partial charge in [0.25, 0.3) is 11.5 Å². The molecule has 0 atom stereocenters. The summed E-state index contributed by atoms with van der Waals surface area (Å²) in [7, 11) is -3.42. The summed E-state index contributed by atoms with van der Waals surface area (Å²) in [4.78, 5) is 25.7. The topological polar surface area (TPSA) is 88.5 Å². The van der Waals surface area contributed by atoms with Crippen LogP contribution in [0.4, 0.5) is 18.9 Å². The molecule has 35 heavy (non-hydrogen) atoms. The summed E-state index contributed by atoms with van der Waals surface area (Å²) in [5, 5.41) is 2.62. The van der Waals surface area contributed by atoms with E-state index in [9.17, 15) is 31.2 Å². The average Bonchev–Trinajstić information content (AvgIpc) is 2.77. The van der Waals surface area contributed by atoms with Gasteiger partial charge in [-0.2, -0.15) is 13.2 Å². The molecule has 2 aromatic carbocycles. The van der Waals surface area contributed by atoms with Crippen LogP contribution in [-0.4, -0.2) is 31.7 Å². The van der Waals surface area contributed by atoms with Crippen LogP contribution < -0.4 is 15.2 Å². The highest BCUT2D eigenvalue weighted by molar-refractivity contribution is 7.92. The van der Waals surface area contributed by atoms with E-state index in [1.54, 1.807) is 38.1 Å². The zero-order valence-corrected chi connectivity index (χ0v) is 20.1. The lowest BCUT2D eigenvalue weighted by Crippen LogP contribution is -2.33. The summed E-state index contributed by atoms with van der Waals surface area (Å²) >= 11 is 0. The standard InChI is InChI=1S/C24H24F3N3O4S/c1-4-29(35(3,33)34)19-11-9-17(10-12-19)15-28-22(31)21-13-8-16(2)30(23(21)32)20-7-5-6-18(14-20)24(25,26)27/h5-14H,4,15H2,1-3H3,(H,28,31). The van der Waals surface area contributed by atoms with Crippen molar-refractivity contribution in [1.29, 1.82) is 0 Å². The van der Waals surface area contributed by atoms with Gasteiger partial charge < -0.3 is 5.32 Å². The van der Waals surface area contributed by atoms with E-state index in [0.717, 1.165) is 23.0 Å². The Morgan fingerprint density at radius 1 is 1.06 bits per heavy atom. The van der Waals surface area contributed by atoms with Gasteiger partial charge in [-0.1, -0.05) is 18.2 Å². The molecule has 0 radical (unpaired) electrons. The van der Waals surface area contributed by atoms with Crippen LogP contribution in [0.25, 0.3) is 5.69 Å². The van der Waals surface area contributed by atoms with E-state index in [-0.39, 0.29) is 24.3 Å². The molecule has 1 heterocycles. The summed E-state index contributed by atoms with van der Waals surface area (Å²) in [5.41, 5.74) is -0.365. The number of rotatable bonds is 7. The molecule has 3 aromatic rings. The summed E-state index contributed by atoms with van der Waals surface area (Å²) in [6, 6.07) is 13.7. The number of carbonyl (C=O) groups is 1. The molecule has 0 saturated heterocycles. The van der Waals surface area contributed by atoms with Gasteiger partial charge in [-0.3, -0.25) is 18.5 Å². The molecule has 0 unspecified atom stereocenters. The number of halogens is 3. The number of aromatic nitrogens is 1. The summed E-state index contributed by atoms with van der Waals surface area (Å²) in [5.74, 6) is -0.689. The Morgan fingerprint density at radius 3 is 2.29 bits per heavy atom. The van der Waals surface area contributed by atoms with Crippen molar-refractivity contribution in [1.82, 2.24) is 9.88 Å². The molecule has 7 nitrogen and oxygen atoms in total. The van der Waals surface area contributed by atoms with E-state index in [0.29, 0.717) is 16.9 Å². The molecule has 0 aliphatic rings. The van der Waals surface area contributed by atoms with Gasteiger partial charge in [-0.05, 0) is 61.9 Å². The number of amides is 1. The van der Waals surface area contributed by atoms with E-state index in [1.165, 1.54) is 28.6 Å². The Morgan fingerprint density at radius 2 is 1.71 bits per heavy atom. The van der Waals surface area contributed by atoms with Crippen molar-refractivity contribution in [3.63, 3.8) is 0 Å². The number of aryl methyl sites for hydroxylation is 1. The summed E-state index contributed by atoms with van der Waals surface area (Å²) in [6.07, 6.45) is -3.47. The fraction of sp³-hybridized carbons (Fsp3) is 0.250. The van der Waals surface area contributed by atoms with Crippen molar-refractivity contribution in [3.8, 4) is 5.69 Å². The molecule has 186 valence electrons. The van der Waals surface area contributed by atoms with Crippen LogP contribution in [-0.2, 0) is 22.7 Å². The smallest absolute Gasteiger partial charge is 0.348 e. The minimum atomic E-state index is -4.58. The first kappa shape index (κ1) is 26.0. The molecule has 1 amide bonds. The fourth-order valence-electron chi connectivity index (χ4n) is 3.61. The first-order chi connectivity index (χ1) is 16.3. The van der Waals surface area contributed by atoms with Crippen LogP contribution >= 0.6 is 0 Å². The monoisotopic (exact) mass is 507 g/mol. The molecular weight excluding hydrogens is 483 g/mol. The van der Waals surface area contributed by atoms with Crippen LogP contribution in [0.3, 0.4) is 0 Å². The highest BCUT2D eigenvalue weighted by Gasteiger charge is 2.30. The third-order valence-corrected chi connectivity index (χ3v) is 6.59. The van der Waals surface area contributed by atoms with E-state index >= 15 is 0 Å². The molecule has 1 aromatic heterocycles. The van der Waals surface area contributed by atoms with Crippen LogP contribution in [0, 0.1) is 6.92 Å². The molecule has 0 bridgehead atoms. The van der Waals surface area contributed by atoms with Gasteiger partial charge in [0, 0.05) is 24.5 Å². The molecule has 11 heteroatoms. The number of pyridine rings is 1. The maximum Gasteiger partial charge on any atom is 0.416 e. The van der Waals surface area contributed by atoms with Crippen molar-refractivity contribution >= 4 is 21.6 Å². The molecule has 1 N–H and O–H groups in total. The van der Waals surface area contributed by atoms with Gasteiger partial charge in [-0.25, -0.2) is 8.42 Å². The molecule has 0 saturated carbocycles. The normalized spacial score (nSPS) is 11.8. The number of nitrogens with one attached hydrogen (secondary N) is 1. The van der Waals surface area contributed by atoms with E-state index in [4.69, 9.17) is 0 Å².